The number of pyridine rings is 1. The van der Waals surface area contributed by atoms with Gasteiger partial charge in [0.1, 0.15) is 5.82 Å². The number of nitrogens with one attached hydrogen (secondary N) is 1. The minimum Gasteiger partial charge on any atom is -0.354 e. The molecule has 1 aromatic carbocycles. The van der Waals surface area contributed by atoms with E-state index in [-0.39, 0.29) is 29.3 Å². The zero-order valence-electron chi connectivity index (χ0n) is 13.6. The van der Waals surface area contributed by atoms with Crippen LogP contribution in [0.4, 0.5) is 15.8 Å². The second kappa shape index (κ2) is 6.79. The first-order chi connectivity index (χ1) is 11.8. The quantitative estimate of drug-likeness (QED) is 0.901. The topological polar surface area (TPSA) is 79.4 Å². The highest BCUT2D eigenvalue weighted by Crippen LogP contribution is 2.21. The van der Waals surface area contributed by atoms with Gasteiger partial charge in [-0.3, -0.25) is 9.78 Å². The number of benzene rings is 1. The highest BCUT2D eigenvalue weighted by atomic mass is 32.2. The fourth-order valence-corrected chi connectivity index (χ4v) is 4.55. The van der Waals surface area contributed by atoms with E-state index in [9.17, 15) is 17.6 Å². The van der Waals surface area contributed by atoms with E-state index in [1.54, 1.807) is 31.4 Å². The lowest BCUT2D eigenvalue weighted by atomic mass is 10.2. The van der Waals surface area contributed by atoms with Crippen LogP contribution in [0.3, 0.4) is 0 Å². The number of aromatic nitrogens is 1. The standard InChI is InChI=1S/C17H18FN3O3S/c1-21(16-6-7-25(23,24)11-16)17(22)12-8-15(10-19-9-12)20-14-4-2-13(18)3-5-14/h2-5,8-10,16,20H,6-7,11H2,1H3. The molecule has 8 heteroatoms. The molecule has 132 valence electrons. The molecule has 2 aromatic rings. The minimum absolute atomic E-state index is 0.00378. The maximum atomic E-state index is 13.0. The number of sulfone groups is 1. The summed E-state index contributed by atoms with van der Waals surface area (Å²) < 4.78 is 36.2. The lowest BCUT2D eigenvalue weighted by Gasteiger charge is -2.23. The van der Waals surface area contributed by atoms with Gasteiger partial charge in [-0.2, -0.15) is 0 Å². The summed E-state index contributed by atoms with van der Waals surface area (Å²) in [7, 11) is -1.46. The first-order valence-electron chi connectivity index (χ1n) is 7.79. The highest BCUT2D eigenvalue weighted by Gasteiger charge is 2.33. The molecule has 0 saturated carbocycles. The van der Waals surface area contributed by atoms with Gasteiger partial charge in [0.05, 0.1) is 29.0 Å². The largest absolute Gasteiger partial charge is 0.354 e. The number of nitrogens with zero attached hydrogens (tertiary/aromatic N) is 2. The molecular weight excluding hydrogens is 345 g/mol. The third-order valence-corrected chi connectivity index (χ3v) is 5.94. The average Bonchev–Trinajstić information content (AvgIpc) is 2.96. The van der Waals surface area contributed by atoms with Crippen molar-refractivity contribution in [2.24, 2.45) is 0 Å². The fraction of sp³-hybridized carbons (Fsp3) is 0.294. The van der Waals surface area contributed by atoms with Crippen LogP contribution in [0.15, 0.2) is 42.7 Å². The summed E-state index contributed by atoms with van der Waals surface area (Å²) in [6.45, 7) is 0. The van der Waals surface area contributed by atoms with Gasteiger partial charge in [0.25, 0.3) is 5.91 Å². The van der Waals surface area contributed by atoms with Crippen LogP contribution in [-0.4, -0.2) is 48.8 Å². The van der Waals surface area contributed by atoms with Gasteiger partial charge in [-0.1, -0.05) is 0 Å². The van der Waals surface area contributed by atoms with Crippen LogP contribution in [0.1, 0.15) is 16.8 Å². The molecule has 0 aliphatic carbocycles. The van der Waals surface area contributed by atoms with E-state index in [2.05, 4.69) is 10.3 Å². The zero-order valence-corrected chi connectivity index (χ0v) is 14.5. The molecule has 1 amide bonds. The number of anilines is 2. The van der Waals surface area contributed by atoms with Gasteiger partial charge in [-0.05, 0) is 36.8 Å². The smallest absolute Gasteiger partial charge is 0.255 e. The van der Waals surface area contributed by atoms with E-state index >= 15 is 0 Å². The minimum atomic E-state index is -3.06. The van der Waals surface area contributed by atoms with Gasteiger partial charge in [-0.15, -0.1) is 0 Å². The second-order valence-electron chi connectivity index (χ2n) is 6.07. The van der Waals surface area contributed by atoms with Crippen molar-refractivity contribution in [3.8, 4) is 0 Å². The van der Waals surface area contributed by atoms with Crippen molar-refractivity contribution in [1.29, 1.82) is 0 Å². The molecule has 1 fully saturated rings. The van der Waals surface area contributed by atoms with E-state index in [1.807, 2.05) is 0 Å². The lowest BCUT2D eigenvalue weighted by molar-refractivity contribution is 0.0747. The van der Waals surface area contributed by atoms with Crippen LogP contribution in [0.5, 0.6) is 0 Å². The van der Waals surface area contributed by atoms with Crippen molar-refractivity contribution in [2.75, 3.05) is 23.9 Å². The Morgan fingerprint density at radius 3 is 2.60 bits per heavy atom. The molecule has 1 aromatic heterocycles. The number of hydrogen-bond acceptors (Lipinski definition) is 5. The molecule has 6 nitrogen and oxygen atoms in total. The third-order valence-electron chi connectivity index (χ3n) is 4.19. The van der Waals surface area contributed by atoms with Crippen molar-refractivity contribution < 1.29 is 17.6 Å². The summed E-state index contributed by atoms with van der Waals surface area (Å²) in [5.74, 6) is -0.506. The predicted molar refractivity (Wildman–Crippen MR) is 93.1 cm³/mol. The Bertz CT molecular complexity index is 884. The monoisotopic (exact) mass is 363 g/mol. The van der Waals surface area contributed by atoms with Crippen LogP contribution < -0.4 is 5.32 Å². The molecule has 3 rings (SSSR count). The van der Waals surface area contributed by atoms with E-state index in [4.69, 9.17) is 0 Å². The van der Waals surface area contributed by atoms with Gasteiger partial charge in [-0.25, -0.2) is 12.8 Å². The first kappa shape index (κ1) is 17.3. The normalized spacial score (nSPS) is 18.7. The maximum Gasteiger partial charge on any atom is 0.255 e. The average molecular weight is 363 g/mol. The van der Waals surface area contributed by atoms with Crippen LogP contribution in [0, 0.1) is 5.82 Å². The van der Waals surface area contributed by atoms with Crippen molar-refractivity contribution >= 4 is 27.1 Å². The van der Waals surface area contributed by atoms with Crippen LogP contribution in [-0.2, 0) is 9.84 Å². The Kier molecular flexibility index (Phi) is 4.71. The molecule has 1 atom stereocenters. The summed E-state index contributed by atoms with van der Waals surface area (Å²) in [5.41, 5.74) is 1.62. The molecule has 1 unspecified atom stereocenters. The number of rotatable bonds is 4. The van der Waals surface area contributed by atoms with Crippen molar-refractivity contribution in [3.05, 3.63) is 54.1 Å². The Labute approximate surface area is 145 Å². The molecule has 1 aliphatic rings. The Morgan fingerprint density at radius 1 is 1.24 bits per heavy atom. The van der Waals surface area contributed by atoms with E-state index in [1.165, 1.54) is 23.2 Å². The Morgan fingerprint density at radius 2 is 1.96 bits per heavy atom. The number of carbonyl (C=O) groups is 1. The van der Waals surface area contributed by atoms with E-state index < -0.39 is 9.84 Å². The van der Waals surface area contributed by atoms with Gasteiger partial charge >= 0.3 is 0 Å². The number of amides is 1. The Hall–Kier alpha value is -2.48. The molecule has 1 aliphatic heterocycles. The molecule has 2 heterocycles. The number of halogens is 1. The third kappa shape index (κ3) is 4.14. The fourth-order valence-electron chi connectivity index (χ4n) is 2.78. The summed E-state index contributed by atoms with van der Waals surface area (Å²) in [5, 5.41) is 3.05. The zero-order chi connectivity index (χ0) is 18.0. The summed E-state index contributed by atoms with van der Waals surface area (Å²) in [6, 6.07) is 7.15. The molecule has 1 N–H and O–H groups in total. The molecule has 25 heavy (non-hydrogen) atoms. The SMILES string of the molecule is CN(C(=O)c1cncc(Nc2ccc(F)cc2)c1)C1CCS(=O)(=O)C1. The van der Waals surface area contributed by atoms with Gasteiger partial charge in [0.2, 0.25) is 0 Å². The van der Waals surface area contributed by atoms with Crippen LogP contribution in [0.2, 0.25) is 0 Å². The summed E-state index contributed by atoms with van der Waals surface area (Å²) >= 11 is 0. The van der Waals surface area contributed by atoms with E-state index in [0.717, 1.165) is 0 Å². The summed E-state index contributed by atoms with van der Waals surface area (Å²) in [6.07, 6.45) is 3.45. The summed E-state index contributed by atoms with van der Waals surface area (Å²) in [4.78, 5) is 18.1. The highest BCUT2D eigenvalue weighted by molar-refractivity contribution is 7.91. The molecule has 1 saturated heterocycles. The van der Waals surface area contributed by atoms with E-state index in [0.29, 0.717) is 23.4 Å². The molecule has 0 spiro atoms. The van der Waals surface area contributed by atoms with Crippen LogP contribution in [0.25, 0.3) is 0 Å². The molecule has 0 bridgehead atoms. The number of carbonyl (C=O) groups excluding carboxylic acids is 1. The Balaban J connectivity index is 1.74. The van der Waals surface area contributed by atoms with Crippen molar-refractivity contribution in [1.82, 2.24) is 9.88 Å². The first-order valence-corrected chi connectivity index (χ1v) is 9.61. The van der Waals surface area contributed by atoms with Crippen molar-refractivity contribution in [2.45, 2.75) is 12.5 Å². The van der Waals surface area contributed by atoms with Gasteiger partial charge < -0.3 is 10.2 Å². The number of hydrogen-bond donors (Lipinski definition) is 1. The van der Waals surface area contributed by atoms with Gasteiger partial charge in [0.15, 0.2) is 9.84 Å². The van der Waals surface area contributed by atoms with Crippen molar-refractivity contribution in [3.63, 3.8) is 0 Å². The molecule has 0 radical (unpaired) electrons. The molecular formula is C17H18FN3O3S. The second-order valence-corrected chi connectivity index (χ2v) is 8.30. The lowest BCUT2D eigenvalue weighted by Crippen LogP contribution is -2.37. The van der Waals surface area contributed by atoms with Gasteiger partial charge in [0, 0.05) is 25.0 Å². The maximum absolute atomic E-state index is 13.0. The van der Waals surface area contributed by atoms with Crippen LogP contribution >= 0.6 is 0 Å². The predicted octanol–water partition coefficient (Wildman–Crippen LogP) is 2.22.